The standard InChI is InChI=1S/C18H15NO/c1-13-5-10-18-15(11-13)7-9-16(19-18)8-6-14-3-2-4-17(20)12-14/h2-12,20H,1H3/b8-6+. The summed E-state index contributed by atoms with van der Waals surface area (Å²) in [7, 11) is 0. The Balaban J connectivity index is 1.93. The largest absolute Gasteiger partial charge is 0.508 e. The molecule has 0 radical (unpaired) electrons. The van der Waals surface area contributed by atoms with E-state index in [1.165, 1.54) is 5.56 Å². The van der Waals surface area contributed by atoms with Gasteiger partial charge < -0.3 is 5.11 Å². The van der Waals surface area contributed by atoms with Gasteiger partial charge in [0.15, 0.2) is 0 Å². The van der Waals surface area contributed by atoms with Gasteiger partial charge >= 0.3 is 0 Å². The zero-order valence-corrected chi connectivity index (χ0v) is 11.2. The highest BCUT2D eigenvalue weighted by Gasteiger charge is 1.97. The topological polar surface area (TPSA) is 33.1 Å². The minimum Gasteiger partial charge on any atom is -0.508 e. The number of rotatable bonds is 2. The lowest BCUT2D eigenvalue weighted by atomic mass is 10.1. The molecule has 3 rings (SSSR count). The maximum atomic E-state index is 9.43. The second kappa shape index (κ2) is 5.17. The van der Waals surface area contributed by atoms with Crippen LogP contribution in [0.25, 0.3) is 23.1 Å². The van der Waals surface area contributed by atoms with Crippen molar-refractivity contribution in [3.63, 3.8) is 0 Å². The Morgan fingerprint density at radius 2 is 1.85 bits per heavy atom. The average Bonchev–Trinajstić information content (AvgIpc) is 2.45. The Morgan fingerprint density at radius 3 is 2.70 bits per heavy atom. The smallest absolute Gasteiger partial charge is 0.116 e. The van der Waals surface area contributed by atoms with Crippen molar-refractivity contribution in [1.82, 2.24) is 4.98 Å². The third kappa shape index (κ3) is 2.69. The first kappa shape index (κ1) is 12.4. The molecule has 0 aliphatic rings. The number of aromatic hydroxyl groups is 1. The normalized spacial score (nSPS) is 11.2. The molecule has 1 N–H and O–H groups in total. The van der Waals surface area contributed by atoms with Crippen LogP contribution in [0, 0.1) is 6.92 Å². The molecule has 0 saturated carbocycles. The number of phenols is 1. The van der Waals surface area contributed by atoms with Crippen molar-refractivity contribution in [3.8, 4) is 5.75 Å². The van der Waals surface area contributed by atoms with E-state index < -0.39 is 0 Å². The van der Waals surface area contributed by atoms with Crippen molar-refractivity contribution < 1.29 is 5.11 Å². The molecule has 0 saturated heterocycles. The maximum absolute atomic E-state index is 9.43. The summed E-state index contributed by atoms with van der Waals surface area (Å²) in [6.07, 6.45) is 3.90. The molecule has 0 spiro atoms. The fourth-order valence-corrected chi connectivity index (χ4v) is 2.16. The predicted octanol–water partition coefficient (Wildman–Crippen LogP) is 4.42. The van der Waals surface area contributed by atoms with Gasteiger partial charge in [0, 0.05) is 5.39 Å². The quantitative estimate of drug-likeness (QED) is 0.740. The number of hydrogen-bond donors (Lipinski definition) is 1. The first-order valence-electron chi connectivity index (χ1n) is 6.55. The van der Waals surface area contributed by atoms with Gasteiger partial charge in [0.05, 0.1) is 11.2 Å². The van der Waals surface area contributed by atoms with Crippen LogP contribution < -0.4 is 0 Å². The molecule has 2 nitrogen and oxygen atoms in total. The molecule has 2 heteroatoms. The van der Waals surface area contributed by atoms with E-state index in [1.807, 2.05) is 36.4 Å². The number of hydrogen-bond acceptors (Lipinski definition) is 2. The summed E-state index contributed by atoms with van der Waals surface area (Å²) < 4.78 is 0. The van der Waals surface area contributed by atoms with Gasteiger partial charge in [-0.2, -0.15) is 0 Å². The molecular formula is C18H15NO. The molecule has 1 heterocycles. The lowest BCUT2D eigenvalue weighted by molar-refractivity contribution is 0.475. The Kier molecular flexibility index (Phi) is 3.21. The lowest BCUT2D eigenvalue weighted by Crippen LogP contribution is -1.84. The van der Waals surface area contributed by atoms with Crippen LogP contribution in [-0.2, 0) is 0 Å². The summed E-state index contributed by atoms with van der Waals surface area (Å²) in [6, 6.07) is 17.5. The van der Waals surface area contributed by atoms with Crippen molar-refractivity contribution in [2.24, 2.45) is 0 Å². The molecule has 0 bridgehead atoms. The van der Waals surface area contributed by atoms with Gasteiger partial charge in [-0.1, -0.05) is 35.9 Å². The number of nitrogens with zero attached hydrogens (tertiary/aromatic N) is 1. The molecule has 0 fully saturated rings. The Hall–Kier alpha value is -2.61. The van der Waals surface area contributed by atoms with E-state index in [4.69, 9.17) is 0 Å². The van der Waals surface area contributed by atoms with Crippen molar-refractivity contribution >= 4 is 23.1 Å². The van der Waals surface area contributed by atoms with Crippen LogP contribution in [0.4, 0.5) is 0 Å². The highest BCUT2D eigenvalue weighted by molar-refractivity contribution is 5.81. The monoisotopic (exact) mass is 261 g/mol. The fourth-order valence-electron chi connectivity index (χ4n) is 2.16. The molecule has 0 aliphatic heterocycles. The van der Waals surface area contributed by atoms with Crippen LogP contribution in [0.3, 0.4) is 0 Å². The van der Waals surface area contributed by atoms with Crippen molar-refractivity contribution in [2.45, 2.75) is 6.92 Å². The van der Waals surface area contributed by atoms with Crippen LogP contribution in [-0.4, -0.2) is 10.1 Å². The van der Waals surface area contributed by atoms with Crippen molar-refractivity contribution in [1.29, 1.82) is 0 Å². The molecule has 98 valence electrons. The average molecular weight is 261 g/mol. The van der Waals surface area contributed by atoms with E-state index in [-0.39, 0.29) is 5.75 Å². The molecular weight excluding hydrogens is 246 g/mol. The molecule has 0 atom stereocenters. The van der Waals surface area contributed by atoms with Crippen LogP contribution in [0.15, 0.2) is 54.6 Å². The second-order valence-electron chi connectivity index (χ2n) is 4.86. The minimum atomic E-state index is 0.272. The predicted molar refractivity (Wildman–Crippen MR) is 83.5 cm³/mol. The number of phenolic OH excluding ortho intramolecular Hbond substituents is 1. The van der Waals surface area contributed by atoms with Crippen LogP contribution in [0.1, 0.15) is 16.8 Å². The SMILES string of the molecule is Cc1ccc2nc(/C=C/c3cccc(O)c3)ccc2c1. The highest BCUT2D eigenvalue weighted by Crippen LogP contribution is 2.17. The lowest BCUT2D eigenvalue weighted by Gasteiger charge is -2.00. The van der Waals surface area contributed by atoms with Crippen molar-refractivity contribution in [2.75, 3.05) is 0 Å². The molecule has 0 aliphatic carbocycles. The van der Waals surface area contributed by atoms with E-state index in [1.54, 1.807) is 12.1 Å². The summed E-state index contributed by atoms with van der Waals surface area (Å²) in [4.78, 5) is 4.60. The summed E-state index contributed by atoms with van der Waals surface area (Å²) in [5, 5.41) is 10.6. The molecule has 3 aromatic rings. The first-order chi connectivity index (χ1) is 9.70. The maximum Gasteiger partial charge on any atom is 0.116 e. The van der Waals surface area contributed by atoms with E-state index in [0.29, 0.717) is 0 Å². The van der Waals surface area contributed by atoms with Crippen LogP contribution in [0.5, 0.6) is 5.75 Å². The third-order valence-electron chi connectivity index (χ3n) is 3.18. The van der Waals surface area contributed by atoms with Crippen molar-refractivity contribution in [3.05, 3.63) is 71.4 Å². The second-order valence-corrected chi connectivity index (χ2v) is 4.86. The Morgan fingerprint density at radius 1 is 0.950 bits per heavy atom. The Bertz CT molecular complexity index is 790. The third-order valence-corrected chi connectivity index (χ3v) is 3.18. The molecule has 0 amide bonds. The van der Waals surface area contributed by atoms with Gasteiger partial charge in [-0.3, -0.25) is 0 Å². The van der Waals surface area contributed by atoms with Gasteiger partial charge in [-0.25, -0.2) is 4.98 Å². The van der Waals surface area contributed by atoms with Gasteiger partial charge in [-0.15, -0.1) is 0 Å². The first-order valence-corrected chi connectivity index (χ1v) is 6.55. The number of pyridine rings is 1. The van der Waals surface area contributed by atoms with E-state index >= 15 is 0 Å². The highest BCUT2D eigenvalue weighted by atomic mass is 16.3. The molecule has 0 unspecified atom stereocenters. The summed E-state index contributed by atoms with van der Waals surface area (Å²) in [5.74, 6) is 0.272. The molecule has 1 aromatic heterocycles. The summed E-state index contributed by atoms with van der Waals surface area (Å²) in [5.41, 5.74) is 4.09. The van der Waals surface area contributed by atoms with Gasteiger partial charge in [0.1, 0.15) is 5.75 Å². The Labute approximate surface area is 118 Å². The van der Waals surface area contributed by atoms with E-state index in [2.05, 4.69) is 30.1 Å². The number of fused-ring (bicyclic) bond motifs is 1. The van der Waals surface area contributed by atoms with E-state index in [0.717, 1.165) is 22.2 Å². The number of aryl methyl sites for hydroxylation is 1. The van der Waals surface area contributed by atoms with Gasteiger partial charge in [0.2, 0.25) is 0 Å². The van der Waals surface area contributed by atoms with Crippen LogP contribution >= 0.6 is 0 Å². The zero-order valence-electron chi connectivity index (χ0n) is 11.2. The minimum absolute atomic E-state index is 0.272. The van der Waals surface area contributed by atoms with Gasteiger partial charge in [0.25, 0.3) is 0 Å². The molecule has 20 heavy (non-hydrogen) atoms. The van der Waals surface area contributed by atoms with Crippen LogP contribution in [0.2, 0.25) is 0 Å². The summed E-state index contributed by atoms with van der Waals surface area (Å²) in [6.45, 7) is 2.08. The fraction of sp³-hybridized carbons (Fsp3) is 0.0556. The number of benzene rings is 2. The van der Waals surface area contributed by atoms with E-state index in [9.17, 15) is 5.11 Å². The zero-order chi connectivity index (χ0) is 13.9. The number of aromatic nitrogens is 1. The molecule has 2 aromatic carbocycles. The summed E-state index contributed by atoms with van der Waals surface area (Å²) >= 11 is 0. The van der Waals surface area contributed by atoms with Gasteiger partial charge in [-0.05, 0) is 48.9 Å².